The number of nitrogens with one attached hydrogen (secondary N) is 1. The van der Waals surface area contributed by atoms with Gasteiger partial charge in [0.2, 0.25) is 0 Å². The van der Waals surface area contributed by atoms with E-state index in [2.05, 4.69) is 25.2 Å². The van der Waals surface area contributed by atoms with Crippen LogP contribution in [0.5, 0.6) is 0 Å². The van der Waals surface area contributed by atoms with Crippen LogP contribution in [0, 0.1) is 28.9 Å². The number of benzene rings is 1. The fourth-order valence-corrected chi connectivity index (χ4v) is 3.33. The minimum Gasteiger partial charge on any atom is -0.384 e. The summed E-state index contributed by atoms with van der Waals surface area (Å²) in [6.07, 6.45) is 4.62. The summed E-state index contributed by atoms with van der Waals surface area (Å²) >= 11 is 5.97. The Bertz CT molecular complexity index is 584. The van der Waals surface area contributed by atoms with Crippen molar-refractivity contribution >= 4 is 23.0 Å². The Morgan fingerprint density at radius 2 is 2.14 bits per heavy atom. The zero-order chi connectivity index (χ0) is 15.6. The minimum absolute atomic E-state index is 0.0372. The maximum Gasteiger partial charge on any atom is 0.288 e. The molecule has 114 valence electrons. The molecule has 1 N–H and O–H groups in total. The van der Waals surface area contributed by atoms with Crippen molar-refractivity contribution in [3.63, 3.8) is 0 Å². The van der Waals surface area contributed by atoms with Crippen LogP contribution in [0.15, 0.2) is 23.8 Å². The SMILES string of the molecule is CC1=CC(C)CC(CNc2cc(Cl)c([N+](=O)[O-])cc2C)C1. The molecule has 0 bridgehead atoms. The third-order valence-corrected chi connectivity index (χ3v) is 4.26. The van der Waals surface area contributed by atoms with Crippen LogP contribution in [0.25, 0.3) is 0 Å². The van der Waals surface area contributed by atoms with Crippen LogP contribution in [0.2, 0.25) is 5.02 Å². The number of halogens is 1. The van der Waals surface area contributed by atoms with Gasteiger partial charge in [0.15, 0.2) is 0 Å². The van der Waals surface area contributed by atoms with Gasteiger partial charge in [-0.15, -0.1) is 0 Å². The predicted octanol–water partition coefficient (Wildman–Crippen LogP) is 4.96. The molecule has 0 amide bonds. The number of hydrogen-bond donors (Lipinski definition) is 1. The lowest BCUT2D eigenvalue weighted by Gasteiger charge is -2.26. The Hall–Kier alpha value is -1.55. The Labute approximate surface area is 130 Å². The number of hydrogen-bond acceptors (Lipinski definition) is 3. The Kier molecular flexibility index (Phi) is 4.88. The molecule has 1 aromatic carbocycles. The summed E-state index contributed by atoms with van der Waals surface area (Å²) in [5.41, 5.74) is 3.14. The summed E-state index contributed by atoms with van der Waals surface area (Å²) in [4.78, 5) is 10.4. The summed E-state index contributed by atoms with van der Waals surface area (Å²) in [6, 6.07) is 3.18. The topological polar surface area (TPSA) is 55.2 Å². The van der Waals surface area contributed by atoms with Crippen LogP contribution in [0.3, 0.4) is 0 Å². The monoisotopic (exact) mass is 308 g/mol. The van der Waals surface area contributed by atoms with Gasteiger partial charge < -0.3 is 5.32 Å². The molecule has 0 fully saturated rings. The molecule has 0 spiro atoms. The molecule has 0 heterocycles. The second kappa shape index (κ2) is 6.48. The minimum atomic E-state index is -0.448. The maximum atomic E-state index is 10.9. The molecule has 1 aliphatic rings. The van der Waals surface area contributed by atoms with Crippen LogP contribution in [-0.4, -0.2) is 11.5 Å². The average Bonchev–Trinajstić information content (AvgIpc) is 2.38. The molecule has 1 aromatic rings. The van der Waals surface area contributed by atoms with Gasteiger partial charge in [0, 0.05) is 18.3 Å². The molecule has 0 saturated heterocycles. The van der Waals surface area contributed by atoms with Crippen molar-refractivity contribution < 1.29 is 4.92 Å². The van der Waals surface area contributed by atoms with Gasteiger partial charge in [-0.05, 0) is 50.2 Å². The summed E-state index contributed by atoms with van der Waals surface area (Å²) in [5.74, 6) is 1.21. The van der Waals surface area contributed by atoms with Gasteiger partial charge in [-0.1, -0.05) is 30.2 Å². The van der Waals surface area contributed by atoms with Crippen LogP contribution in [-0.2, 0) is 0 Å². The number of aryl methyl sites for hydroxylation is 1. The van der Waals surface area contributed by atoms with Crippen LogP contribution in [0.1, 0.15) is 32.3 Å². The van der Waals surface area contributed by atoms with E-state index in [1.54, 1.807) is 6.07 Å². The first-order valence-electron chi connectivity index (χ1n) is 7.22. The van der Waals surface area contributed by atoms with Crippen molar-refractivity contribution in [1.29, 1.82) is 0 Å². The van der Waals surface area contributed by atoms with Crippen molar-refractivity contribution in [2.75, 3.05) is 11.9 Å². The van der Waals surface area contributed by atoms with Crippen LogP contribution >= 0.6 is 11.6 Å². The first-order valence-corrected chi connectivity index (χ1v) is 7.60. The van der Waals surface area contributed by atoms with E-state index in [1.807, 2.05) is 6.92 Å². The Balaban J connectivity index is 2.06. The third-order valence-electron chi connectivity index (χ3n) is 3.96. The van der Waals surface area contributed by atoms with E-state index >= 15 is 0 Å². The van der Waals surface area contributed by atoms with E-state index in [1.165, 1.54) is 18.1 Å². The Morgan fingerprint density at radius 3 is 2.76 bits per heavy atom. The molecule has 0 saturated carbocycles. The highest BCUT2D eigenvalue weighted by Gasteiger charge is 2.19. The highest BCUT2D eigenvalue weighted by atomic mass is 35.5. The lowest BCUT2D eigenvalue weighted by molar-refractivity contribution is -0.384. The van der Waals surface area contributed by atoms with Crippen molar-refractivity contribution in [2.45, 2.75) is 33.6 Å². The van der Waals surface area contributed by atoms with E-state index in [4.69, 9.17) is 11.6 Å². The van der Waals surface area contributed by atoms with Gasteiger partial charge in [0.1, 0.15) is 5.02 Å². The molecule has 2 unspecified atom stereocenters. The van der Waals surface area contributed by atoms with E-state index < -0.39 is 4.92 Å². The molecule has 0 radical (unpaired) electrons. The van der Waals surface area contributed by atoms with E-state index in [-0.39, 0.29) is 10.7 Å². The predicted molar refractivity (Wildman–Crippen MR) is 87.0 cm³/mol. The molecule has 21 heavy (non-hydrogen) atoms. The molecular weight excluding hydrogens is 288 g/mol. The summed E-state index contributed by atoms with van der Waals surface area (Å²) in [7, 11) is 0. The van der Waals surface area contributed by atoms with Crippen molar-refractivity contribution in [2.24, 2.45) is 11.8 Å². The van der Waals surface area contributed by atoms with Crippen molar-refractivity contribution in [3.8, 4) is 0 Å². The van der Waals surface area contributed by atoms with Crippen molar-refractivity contribution in [3.05, 3.63) is 44.5 Å². The number of nitro groups is 1. The third kappa shape index (κ3) is 3.97. The van der Waals surface area contributed by atoms with E-state index in [9.17, 15) is 10.1 Å². The second-order valence-corrected chi connectivity index (χ2v) is 6.46. The number of nitrogens with zero attached hydrogens (tertiary/aromatic N) is 1. The molecule has 0 aromatic heterocycles. The largest absolute Gasteiger partial charge is 0.384 e. The summed E-state index contributed by atoms with van der Waals surface area (Å²) in [5, 5.41) is 14.4. The Morgan fingerprint density at radius 1 is 1.43 bits per heavy atom. The van der Waals surface area contributed by atoms with E-state index in [0.29, 0.717) is 11.8 Å². The van der Waals surface area contributed by atoms with Gasteiger partial charge in [0.05, 0.1) is 4.92 Å². The molecule has 2 atom stereocenters. The van der Waals surface area contributed by atoms with Gasteiger partial charge in [0.25, 0.3) is 5.69 Å². The zero-order valence-electron chi connectivity index (χ0n) is 12.6. The normalized spacial score (nSPS) is 21.8. The molecule has 2 rings (SSSR count). The molecule has 1 aliphatic carbocycles. The standard InChI is InChI=1S/C16H21ClN2O2/c1-10-4-11(2)6-13(5-10)9-18-15-8-14(17)16(19(20)21)7-12(15)3/h4,7-8,10,13,18H,5-6,9H2,1-3H3. The molecule has 0 aliphatic heterocycles. The van der Waals surface area contributed by atoms with Gasteiger partial charge in [-0.2, -0.15) is 0 Å². The summed E-state index contributed by atoms with van der Waals surface area (Å²) in [6.45, 7) is 7.14. The lowest BCUT2D eigenvalue weighted by atomic mass is 9.83. The van der Waals surface area contributed by atoms with Gasteiger partial charge >= 0.3 is 0 Å². The smallest absolute Gasteiger partial charge is 0.288 e. The fourth-order valence-electron chi connectivity index (χ4n) is 3.09. The summed E-state index contributed by atoms with van der Waals surface area (Å²) < 4.78 is 0. The molecular formula is C16H21ClN2O2. The highest BCUT2D eigenvalue weighted by molar-refractivity contribution is 6.33. The van der Waals surface area contributed by atoms with Crippen LogP contribution in [0.4, 0.5) is 11.4 Å². The lowest BCUT2D eigenvalue weighted by Crippen LogP contribution is -2.20. The number of allylic oxidation sites excluding steroid dienone is 2. The quantitative estimate of drug-likeness (QED) is 0.486. The number of nitro benzene ring substituents is 1. The second-order valence-electron chi connectivity index (χ2n) is 6.05. The number of anilines is 1. The van der Waals surface area contributed by atoms with Gasteiger partial charge in [-0.25, -0.2) is 0 Å². The van der Waals surface area contributed by atoms with Gasteiger partial charge in [-0.3, -0.25) is 10.1 Å². The number of rotatable bonds is 4. The maximum absolute atomic E-state index is 10.9. The fraction of sp³-hybridized carbons (Fsp3) is 0.500. The van der Waals surface area contributed by atoms with E-state index in [0.717, 1.165) is 24.2 Å². The first-order chi connectivity index (χ1) is 9.86. The first kappa shape index (κ1) is 15.8. The van der Waals surface area contributed by atoms with Crippen molar-refractivity contribution in [1.82, 2.24) is 0 Å². The average molecular weight is 309 g/mol. The molecule has 4 nitrogen and oxygen atoms in total. The highest BCUT2D eigenvalue weighted by Crippen LogP contribution is 2.32. The zero-order valence-corrected chi connectivity index (χ0v) is 13.4. The molecule has 5 heteroatoms. The van der Waals surface area contributed by atoms with Crippen LogP contribution < -0.4 is 5.32 Å².